The second-order valence-electron chi connectivity index (χ2n) is 5.27. The molecule has 2 aromatic rings. The van der Waals surface area contributed by atoms with E-state index in [2.05, 4.69) is 0 Å². The molecule has 0 atom stereocenters. The number of rotatable bonds is 3. The molecule has 0 unspecified atom stereocenters. The Morgan fingerprint density at radius 2 is 2.00 bits per heavy atom. The maximum atomic E-state index is 14.4. The largest absolute Gasteiger partial charge is 0.496 e. The lowest BCUT2D eigenvalue weighted by Crippen LogP contribution is -2.07. The smallest absolute Gasteiger partial charge is 0.335 e. The third-order valence-corrected chi connectivity index (χ3v) is 3.95. The third kappa shape index (κ3) is 2.59. The van der Waals surface area contributed by atoms with Gasteiger partial charge in [0.05, 0.1) is 18.2 Å². The average Bonchev–Trinajstić information content (AvgIpc) is 2.56. The van der Waals surface area contributed by atoms with Crippen LogP contribution in [0.15, 0.2) is 36.4 Å². The summed E-state index contributed by atoms with van der Waals surface area (Å²) in [6, 6.07) is 7.10. The molecule has 118 valence electrons. The Morgan fingerprint density at radius 1 is 1.22 bits per heavy atom. The number of halogens is 2. The second-order valence-corrected chi connectivity index (χ2v) is 5.27. The lowest BCUT2D eigenvalue weighted by atomic mass is 9.85. The van der Waals surface area contributed by atoms with E-state index in [9.17, 15) is 13.6 Å². The maximum Gasteiger partial charge on any atom is 0.335 e. The van der Waals surface area contributed by atoms with Crippen LogP contribution in [-0.2, 0) is 6.42 Å². The van der Waals surface area contributed by atoms with Crippen LogP contribution in [0.2, 0.25) is 0 Å². The highest BCUT2D eigenvalue weighted by Gasteiger charge is 2.23. The number of carboxylic acid groups (broad SMARTS) is 1. The van der Waals surface area contributed by atoms with E-state index >= 15 is 0 Å². The number of allylic oxidation sites excluding steroid dienone is 1. The van der Waals surface area contributed by atoms with Gasteiger partial charge >= 0.3 is 5.97 Å². The topological polar surface area (TPSA) is 46.5 Å². The summed E-state index contributed by atoms with van der Waals surface area (Å²) in [5.41, 5.74) is 2.09. The molecule has 1 aliphatic rings. The van der Waals surface area contributed by atoms with Crippen LogP contribution in [0.5, 0.6) is 5.75 Å². The van der Waals surface area contributed by atoms with Gasteiger partial charge in [0.25, 0.3) is 0 Å². The van der Waals surface area contributed by atoms with Crippen LogP contribution in [0.1, 0.15) is 33.5 Å². The maximum absolute atomic E-state index is 14.4. The number of carbonyl (C=O) groups is 1. The van der Waals surface area contributed by atoms with Crippen molar-refractivity contribution < 1.29 is 23.4 Å². The summed E-state index contributed by atoms with van der Waals surface area (Å²) < 4.78 is 33.2. The summed E-state index contributed by atoms with van der Waals surface area (Å²) in [6.45, 7) is 0. The van der Waals surface area contributed by atoms with E-state index in [0.717, 1.165) is 18.1 Å². The summed E-state index contributed by atoms with van der Waals surface area (Å²) >= 11 is 0. The first-order chi connectivity index (χ1) is 11.0. The van der Waals surface area contributed by atoms with Gasteiger partial charge in [0, 0.05) is 0 Å². The first-order valence-corrected chi connectivity index (χ1v) is 7.12. The van der Waals surface area contributed by atoms with E-state index in [4.69, 9.17) is 9.84 Å². The van der Waals surface area contributed by atoms with Crippen LogP contribution >= 0.6 is 0 Å². The summed E-state index contributed by atoms with van der Waals surface area (Å²) in [6.07, 6.45) is 3.17. The Hall–Kier alpha value is -2.69. The highest BCUT2D eigenvalue weighted by molar-refractivity contribution is 5.92. The van der Waals surface area contributed by atoms with E-state index < -0.39 is 17.6 Å². The van der Waals surface area contributed by atoms with Crippen LogP contribution in [0.25, 0.3) is 5.57 Å². The van der Waals surface area contributed by atoms with Crippen molar-refractivity contribution in [3.63, 3.8) is 0 Å². The summed E-state index contributed by atoms with van der Waals surface area (Å²) in [5, 5.41) is 9.16. The number of fused-ring (bicyclic) bond motifs is 1. The highest BCUT2D eigenvalue weighted by Crippen LogP contribution is 2.38. The molecule has 0 aliphatic heterocycles. The minimum absolute atomic E-state index is 0.0241. The number of ether oxygens (including phenoxy) is 1. The second kappa shape index (κ2) is 5.83. The molecule has 0 spiro atoms. The molecule has 1 N–H and O–H groups in total. The minimum atomic E-state index is -1.07. The number of carboxylic acids is 1. The van der Waals surface area contributed by atoms with Gasteiger partial charge in [0.1, 0.15) is 5.75 Å². The summed E-state index contributed by atoms with van der Waals surface area (Å²) in [4.78, 5) is 11.2. The molecule has 2 aromatic carbocycles. The molecule has 3 nitrogen and oxygen atoms in total. The van der Waals surface area contributed by atoms with Crippen molar-refractivity contribution in [1.82, 2.24) is 0 Å². The lowest BCUT2D eigenvalue weighted by molar-refractivity contribution is 0.0697. The molecule has 5 heteroatoms. The van der Waals surface area contributed by atoms with Gasteiger partial charge in [0.2, 0.25) is 0 Å². The third-order valence-electron chi connectivity index (χ3n) is 3.95. The quantitative estimate of drug-likeness (QED) is 0.929. The van der Waals surface area contributed by atoms with E-state index in [1.807, 2.05) is 0 Å². The first kappa shape index (κ1) is 15.2. The molecule has 0 saturated heterocycles. The molecule has 0 radical (unpaired) electrons. The Labute approximate surface area is 131 Å². The number of hydrogen-bond acceptors (Lipinski definition) is 2. The predicted octanol–water partition coefficient (Wildman–Crippen LogP) is 4.05. The SMILES string of the molecule is COc1ccc(F)c(F)c1C1=CCCc2ccc(C(=O)O)cc21. The van der Waals surface area contributed by atoms with Gasteiger partial charge in [-0.1, -0.05) is 12.1 Å². The van der Waals surface area contributed by atoms with Crippen LogP contribution in [0.4, 0.5) is 8.78 Å². The van der Waals surface area contributed by atoms with Gasteiger partial charge in [-0.2, -0.15) is 0 Å². The number of hydrogen-bond donors (Lipinski definition) is 1. The van der Waals surface area contributed by atoms with Crippen LogP contribution in [0.3, 0.4) is 0 Å². The number of benzene rings is 2. The van der Waals surface area contributed by atoms with Crippen LogP contribution < -0.4 is 4.74 Å². The Bertz CT molecular complexity index is 825. The van der Waals surface area contributed by atoms with Gasteiger partial charge in [-0.3, -0.25) is 0 Å². The normalized spacial score (nSPS) is 13.3. The van der Waals surface area contributed by atoms with Crippen molar-refractivity contribution in [2.24, 2.45) is 0 Å². The monoisotopic (exact) mass is 316 g/mol. The van der Waals surface area contributed by atoms with E-state index in [1.54, 1.807) is 12.1 Å². The Morgan fingerprint density at radius 3 is 2.70 bits per heavy atom. The van der Waals surface area contributed by atoms with Crippen LogP contribution in [-0.4, -0.2) is 18.2 Å². The van der Waals surface area contributed by atoms with Gasteiger partial charge < -0.3 is 9.84 Å². The van der Waals surface area contributed by atoms with Crippen LogP contribution in [0, 0.1) is 11.6 Å². The van der Waals surface area contributed by atoms with Crippen molar-refractivity contribution in [1.29, 1.82) is 0 Å². The summed E-state index contributed by atoms with van der Waals surface area (Å²) in [5.74, 6) is -2.82. The number of aromatic carboxylic acids is 1. The highest BCUT2D eigenvalue weighted by atomic mass is 19.2. The molecule has 0 heterocycles. The average molecular weight is 316 g/mol. The molecule has 0 bridgehead atoms. The fourth-order valence-electron chi connectivity index (χ4n) is 2.85. The molecule has 23 heavy (non-hydrogen) atoms. The van der Waals surface area contributed by atoms with Crippen molar-refractivity contribution in [3.8, 4) is 5.75 Å². The van der Waals surface area contributed by atoms with Gasteiger partial charge in [-0.15, -0.1) is 0 Å². The fourth-order valence-corrected chi connectivity index (χ4v) is 2.85. The van der Waals surface area contributed by atoms with Crippen molar-refractivity contribution in [2.45, 2.75) is 12.8 Å². The lowest BCUT2D eigenvalue weighted by Gasteiger charge is -2.21. The minimum Gasteiger partial charge on any atom is -0.496 e. The molecule has 3 rings (SSSR count). The molecular formula is C18H14F2O3. The number of aryl methyl sites for hydroxylation is 1. The van der Waals surface area contributed by atoms with Gasteiger partial charge in [-0.25, -0.2) is 13.6 Å². The first-order valence-electron chi connectivity index (χ1n) is 7.12. The molecule has 0 amide bonds. The molecule has 0 fully saturated rings. The molecular weight excluding hydrogens is 302 g/mol. The standard InChI is InChI=1S/C18H14F2O3/c1-23-15-8-7-14(19)17(20)16(15)12-4-2-3-10-5-6-11(18(21)22)9-13(10)12/h4-9H,2-3H2,1H3,(H,21,22). The summed E-state index contributed by atoms with van der Waals surface area (Å²) in [7, 11) is 1.38. The molecule has 1 aliphatic carbocycles. The zero-order valence-corrected chi connectivity index (χ0v) is 12.4. The Kier molecular flexibility index (Phi) is 3.86. The zero-order valence-electron chi connectivity index (χ0n) is 12.4. The molecule has 0 saturated carbocycles. The van der Waals surface area contributed by atoms with Gasteiger partial charge in [0.15, 0.2) is 11.6 Å². The van der Waals surface area contributed by atoms with E-state index in [-0.39, 0.29) is 16.9 Å². The van der Waals surface area contributed by atoms with Crippen molar-refractivity contribution in [3.05, 3.63) is 70.3 Å². The zero-order chi connectivity index (χ0) is 16.6. The predicted molar refractivity (Wildman–Crippen MR) is 81.7 cm³/mol. The molecule has 0 aromatic heterocycles. The van der Waals surface area contributed by atoms with E-state index in [1.165, 1.54) is 25.3 Å². The van der Waals surface area contributed by atoms with Crippen molar-refractivity contribution >= 4 is 11.5 Å². The Balaban J connectivity index is 2.24. The fraction of sp³-hybridized carbons (Fsp3) is 0.167. The van der Waals surface area contributed by atoms with E-state index in [0.29, 0.717) is 17.6 Å². The van der Waals surface area contributed by atoms with Crippen molar-refractivity contribution in [2.75, 3.05) is 7.11 Å². The van der Waals surface area contributed by atoms with Gasteiger partial charge in [-0.05, 0) is 53.8 Å². The number of methoxy groups -OCH3 is 1.